The molecule has 8 nitrogen and oxygen atoms in total. The minimum atomic E-state index is -3.57. The molecular weight excluding hydrogens is 366 g/mol. The van der Waals surface area contributed by atoms with E-state index in [4.69, 9.17) is 4.74 Å². The lowest BCUT2D eigenvalue weighted by Gasteiger charge is -2.23. The van der Waals surface area contributed by atoms with E-state index in [1.807, 2.05) is 24.3 Å². The highest BCUT2D eigenvalue weighted by atomic mass is 32.2. The van der Waals surface area contributed by atoms with Crippen molar-refractivity contribution < 1.29 is 13.2 Å². The molecule has 0 radical (unpaired) electrons. The lowest BCUT2D eigenvalue weighted by atomic mass is 10.1. The van der Waals surface area contributed by atoms with Crippen molar-refractivity contribution in [3.63, 3.8) is 0 Å². The summed E-state index contributed by atoms with van der Waals surface area (Å²) in [6.07, 6.45) is 3.21. The maximum absolute atomic E-state index is 12.8. The lowest BCUT2D eigenvalue weighted by molar-refractivity contribution is 0.177. The maximum Gasteiger partial charge on any atom is 0.216 e. The summed E-state index contributed by atoms with van der Waals surface area (Å²) in [7, 11) is -1.99. The van der Waals surface area contributed by atoms with Gasteiger partial charge in [-0.2, -0.15) is 5.10 Å². The number of aromatic nitrogens is 4. The van der Waals surface area contributed by atoms with E-state index in [1.54, 1.807) is 24.1 Å². The van der Waals surface area contributed by atoms with Crippen LogP contribution in [-0.4, -0.2) is 35.3 Å². The van der Waals surface area contributed by atoms with Crippen LogP contribution in [0.2, 0.25) is 0 Å². The van der Waals surface area contributed by atoms with E-state index < -0.39 is 10.0 Å². The zero-order valence-corrected chi connectivity index (χ0v) is 15.8. The molecule has 1 N–H and O–H groups in total. The molecular formula is C18H21N5O3S. The number of sulfonamides is 1. The number of benzene rings is 1. The first-order valence-electron chi connectivity index (χ1n) is 8.81. The molecule has 142 valence electrons. The Morgan fingerprint density at radius 1 is 1.30 bits per heavy atom. The molecule has 4 rings (SSSR count). The normalized spacial score (nSPS) is 17.1. The lowest BCUT2D eigenvalue weighted by Crippen LogP contribution is -2.34. The Labute approximate surface area is 157 Å². The van der Waals surface area contributed by atoms with Gasteiger partial charge in [-0.25, -0.2) is 22.8 Å². The highest BCUT2D eigenvalue weighted by molar-refractivity contribution is 7.88. The Balaban J connectivity index is 1.57. The van der Waals surface area contributed by atoms with Crippen LogP contribution in [0.25, 0.3) is 10.9 Å². The van der Waals surface area contributed by atoms with Crippen molar-refractivity contribution in [1.29, 1.82) is 0 Å². The zero-order chi connectivity index (χ0) is 18.9. The molecule has 0 spiro atoms. The molecule has 0 saturated carbocycles. The van der Waals surface area contributed by atoms with E-state index in [-0.39, 0.29) is 11.8 Å². The third-order valence-electron chi connectivity index (χ3n) is 4.58. The van der Waals surface area contributed by atoms with Gasteiger partial charge in [0.1, 0.15) is 12.4 Å². The van der Waals surface area contributed by atoms with Crippen LogP contribution >= 0.6 is 0 Å². The van der Waals surface area contributed by atoms with Gasteiger partial charge >= 0.3 is 0 Å². The number of rotatable bonds is 6. The summed E-state index contributed by atoms with van der Waals surface area (Å²) in [5.41, 5.74) is 1.39. The van der Waals surface area contributed by atoms with Crippen LogP contribution in [0, 0.1) is 0 Å². The summed E-state index contributed by atoms with van der Waals surface area (Å²) in [6.45, 7) is 1.04. The number of hydrogen-bond donors (Lipinski definition) is 1. The van der Waals surface area contributed by atoms with Crippen molar-refractivity contribution in [3.8, 4) is 0 Å². The Morgan fingerprint density at radius 2 is 2.15 bits per heavy atom. The van der Waals surface area contributed by atoms with Crippen molar-refractivity contribution in [3.05, 3.63) is 53.7 Å². The van der Waals surface area contributed by atoms with Gasteiger partial charge in [0.2, 0.25) is 10.0 Å². The Hall–Kier alpha value is -2.36. The second kappa shape index (κ2) is 7.34. The van der Waals surface area contributed by atoms with Crippen LogP contribution in [0.5, 0.6) is 0 Å². The maximum atomic E-state index is 12.8. The summed E-state index contributed by atoms with van der Waals surface area (Å²) in [5.74, 6) is 1.08. The fourth-order valence-electron chi connectivity index (χ4n) is 3.45. The number of nitrogens with zero attached hydrogens (tertiary/aromatic N) is 4. The molecule has 1 aliphatic heterocycles. The first kappa shape index (κ1) is 18.0. The van der Waals surface area contributed by atoms with Crippen LogP contribution < -0.4 is 4.72 Å². The molecule has 0 bridgehead atoms. The van der Waals surface area contributed by atoms with E-state index in [0.717, 1.165) is 18.4 Å². The molecule has 1 atom stereocenters. The highest BCUT2D eigenvalue weighted by Crippen LogP contribution is 2.25. The predicted molar refractivity (Wildman–Crippen MR) is 100 cm³/mol. The predicted octanol–water partition coefficient (Wildman–Crippen LogP) is 1.93. The minimum Gasteiger partial charge on any atom is -0.377 e. The highest BCUT2D eigenvalue weighted by Gasteiger charge is 2.28. The average Bonchev–Trinajstić information content (AvgIpc) is 3.06. The van der Waals surface area contributed by atoms with Gasteiger partial charge in [-0.05, 0) is 24.5 Å². The van der Waals surface area contributed by atoms with Gasteiger partial charge < -0.3 is 4.74 Å². The number of fused-ring (bicyclic) bond motifs is 2. The molecule has 0 saturated heterocycles. The van der Waals surface area contributed by atoms with Crippen LogP contribution in [0.4, 0.5) is 0 Å². The van der Waals surface area contributed by atoms with Gasteiger partial charge in [-0.1, -0.05) is 24.3 Å². The monoisotopic (exact) mass is 387 g/mol. The SMILES string of the molecule is COCc1nc2n(n1)CCC[C@@H]2NS(=O)(=O)Cc1cccc2cccnc12. The first-order valence-corrected chi connectivity index (χ1v) is 10.5. The van der Waals surface area contributed by atoms with Crippen LogP contribution in [0.15, 0.2) is 36.5 Å². The van der Waals surface area contributed by atoms with Crippen LogP contribution in [-0.2, 0) is 33.7 Å². The third-order valence-corrected chi connectivity index (χ3v) is 5.91. The van der Waals surface area contributed by atoms with E-state index in [1.165, 1.54) is 0 Å². The largest absolute Gasteiger partial charge is 0.377 e. The van der Waals surface area contributed by atoms with Crippen molar-refractivity contribution in [1.82, 2.24) is 24.5 Å². The number of pyridine rings is 1. The van der Waals surface area contributed by atoms with Crippen LogP contribution in [0.3, 0.4) is 0 Å². The fourth-order valence-corrected chi connectivity index (χ4v) is 4.83. The minimum absolute atomic E-state index is 0.128. The van der Waals surface area contributed by atoms with Crippen molar-refractivity contribution in [2.75, 3.05) is 7.11 Å². The van der Waals surface area contributed by atoms with Gasteiger partial charge in [0, 0.05) is 25.2 Å². The standard InChI is InChI=1S/C18H21N5O3S/c1-26-11-16-20-18-15(8-4-10-23(18)21-16)22-27(24,25)12-14-6-2-5-13-7-3-9-19-17(13)14/h2-3,5-7,9,15,22H,4,8,10-12H2,1H3/t15-/m0/s1. The molecule has 1 aromatic carbocycles. The molecule has 9 heteroatoms. The second-order valence-electron chi connectivity index (χ2n) is 6.61. The summed E-state index contributed by atoms with van der Waals surface area (Å²) in [6, 6.07) is 8.95. The van der Waals surface area contributed by atoms with Gasteiger partial charge in [0.15, 0.2) is 5.82 Å². The van der Waals surface area contributed by atoms with Crippen molar-refractivity contribution in [2.24, 2.45) is 0 Å². The average molecular weight is 387 g/mol. The van der Waals surface area contributed by atoms with Crippen molar-refractivity contribution in [2.45, 2.75) is 37.8 Å². The van der Waals surface area contributed by atoms with Gasteiger partial charge in [0.05, 0.1) is 17.3 Å². The smallest absolute Gasteiger partial charge is 0.216 e. The topological polar surface area (TPSA) is 99.0 Å². The number of para-hydroxylation sites is 1. The summed E-state index contributed by atoms with van der Waals surface area (Å²) < 4.78 is 35.3. The molecule has 3 aromatic rings. The number of nitrogens with one attached hydrogen (secondary N) is 1. The summed E-state index contributed by atoms with van der Waals surface area (Å²) >= 11 is 0. The molecule has 3 heterocycles. The number of methoxy groups -OCH3 is 1. The molecule has 0 amide bonds. The third kappa shape index (κ3) is 3.85. The van der Waals surface area contributed by atoms with E-state index in [0.29, 0.717) is 35.8 Å². The summed E-state index contributed by atoms with van der Waals surface area (Å²) in [4.78, 5) is 8.79. The van der Waals surface area contributed by atoms with E-state index >= 15 is 0 Å². The van der Waals surface area contributed by atoms with Gasteiger partial charge in [-0.3, -0.25) is 4.98 Å². The Kier molecular flexibility index (Phi) is 4.90. The molecule has 1 aliphatic rings. The molecule has 2 aromatic heterocycles. The quantitative estimate of drug-likeness (QED) is 0.694. The van der Waals surface area contributed by atoms with Gasteiger partial charge in [0.25, 0.3) is 0 Å². The van der Waals surface area contributed by atoms with Gasteiger partial charge in [-0.15, -0.1) is 0 Å². The molecule has 0 aliphatic carbocycles. The molecule has 0 fully saturated rings. The first-order chi connectivity index (χ1) is 13.1. The zero-order valence-electron chi connectivity index (χ0n) is 15.0. The van der Waals surface area contributed by atoms with E-state index in [2.05, 4.69) is 19.8 Å². The number of ether oxygens (including phenoxy) is 1. The number of hydrogen-bond acceptors (Lipinski definition) is 6. The second-order valence-corrected chi connectivity index (χ2v) is 8.36. The number of aryl methyl sites for hydroxylation is 1. The molecule has 0 unspecified atom stereocenters. The van der Waals surface area contributed by atoms with Crippen molar-refractivity contribution >= 4 is 20.9 Å². The Bertz CT molecular complexity index is 1060. The fraction of sp³-hybridized carbons (Fsp3) is 0.389. The molecule has 27 heavy (non-hydrogen) atoms. The van der Waals surface area contributed by atoms with E-state index in [9.17, 15) is 8.42 Å². The Morgan fingerprint density at radius 3 is 3.00 bits per heavy atom. The van der Waals surface area contributed by atoms with Crippen LogP contribution in [0.1, 0.15) is 36.1 Å². The summed E-state index contributed by atoms with van der Waals surface area (Å²) in [5, 5.41) is 5.30.